The summed E-state index contributed by atoms with van der Waals surface area (Å²) in [5.74, 6) is 0.342. The Morgan fingerprint density at radius 1 is 1.53 bits per heavy atom. The monoisotopic (exact) mass is 320 g/mol. The number of aryl methyl sites for hydroxylation is 1. The van der Waals surface area contributed by atoms with Gasteiger partial charge in [0.15, 0.2) is 0 Å². The van der Waals surface area contributed by atoms with Crippen molar-refractivity contribution in [3.8, 4) is 5.75 Å². The van der Waals surface area contributed by atoms with Gasteiger partial charge in [-0.2, -0.15) is 0 Å². The number of halogens is 2. The number of ether oxygens (including phenoxy) is 2. The highest BCUT2D eigenvalue weighted by molar-refractivity contribution is 9.10. The third-order valence-corrected chi connectivity index (χ3v) is 3.26. The molecule has 0 aliphatic rings. The van der Waals surface area contributed by atoms with Gasteiger partial charge in [-0.15, -0.1) is 0 Å². The molecule has 94 valence electrons. The molecule has 1 aromatic carbocycles. The number of hydrogen-bond donors (Lipinski definition) is 0. The van der Waals surface area contributed by atoms with E-state index < -0.39 is 4.83 Å². The van der Waals surface area contributed by atoms with Crippen LogP contribution in [0.1, 0.15) is 12.5 Å². The first-order valence-corrected chi connectivity index (χ1v) is 6.51. The van der Waals surface area contributed by atoms with Gasteiger partial charge in [0.25, 0.3) is 0 Å². The summed E-state index contributed by atoms with van der Waals surface area (Å²) in [6.45, 7) is 2.24. The third kappa shape index (κ3) is 4.21. The minimum atomic E-state index is -0.465. The summed E-state index contributed by atoms with van der Waals surface area (Å²) in [7, 11) is 1.34. The van der Waals surface area contributed by atoms with E-state index in [-0.39, 0.29) is 12.6 Å². The Morgan fingerprint density at radius 3 is 2.82 bits per heavy atom. The van der Waals surface area contributed by atoms with Crippen molar-refractivity contribution in [2.45, 2.75) is 18.2 Å². The van der Waals surface area contributed by atoms with Crippen LogP contribution < -0.4 is 4.74 Å². The van der Waals surface area contributed by atoms with Crippen molar-refractivity contribution in [3.05, 3.63) is 28.8 Å². The molecule has 0 spiro atoms. The molecule has 0 heterocycles. The van der Waals surface area contributed by atoms with E-state index in [1.807, 2.05) is 13.0 Å². The van der Waals surface area contributed by atoms with Crippen LogP contribution in [0, 0.1) is 0 Å². The van der Waals surface area contributed by atoms with Crippen LogP contribution in [0.15, 0.2) is 18.2 Å². The maximum Gasteiger partial charge on any atom is 0.322 e. The van der Waals surface area contributed by atoms with Gasteiger partial charge < -0.3 is 9.47 Å². The second kappa shape index (κ2) is 6.87. The molecule has 17 heavy (non-hydrogen) atoms. The molecule has 0 N–H and O–H groups in total. The highest BCUT2D eigenvalue weighted by Crippen LogP contribution is 2.23. The number of hydrogen-bond acceptors (Lipinski definition) is 3. The van der Waals surface area contributed by atoms with Crippen LogP contribution in [-0.4, -0.2) is 24.5 Å². The number of carbonyl (C=O) groups excluding carboxylic acids is 1. The molecule has 0 fully saturated rings. The van der Waals surface area contributed by atoms with Crippen molar-refractivity contribution < 1.29 is 14.3 Å². The van der Waals surface area contributed by atoms with Crippen molar-refractivity contribution in [2.75, 3.05) is 13.7 Å². The topological polar surface area (TPSA) is 35.5 Å². The predicted octanol–water partition coefficient (Wildman–Crippen LogP) is 3.22. The summed E-state index contributed by atoms with van der Waals surface area (Å²) in [5.41, 5.74) is 1.02. The molecule has 1 unspecified atom stereocenters. The van der Waals surface area contributed by atoms with E-state index in [0.717, 1.165) is 17.0 Å². The standard InChI is InChI=1S/C12H14BrClO3/c1-3-8-6-9(4-5-11(8)14)17-7-10(13)12(15)16-2/h4-6,10H,3,7H2,1-2H3. The lowest BCUT2D eigenvalue weighted by atomic mass is 10.1. The summed E-state index contributed by atoms with van der Waals surface area (Å²) in [6, 6.07) is 5.44. The molecule has 0 amide bonds. The van der Waals surface area contributed by atoms with Gasteiger partial charge in [0.05, 0.1) is 7.11 Å². The molecule has 5 heteroatoms. The van der Waals surface area contributed by atoms with Crippen LogP contribution in [0.2, 0.25) is 5.02 Å². The molecule has 0 aromatic heterocycles. The Balaban J connectivity index is 2.60. The second-order valence-electron chi connectivity index (χ2n) is 3.41. The van der Waals surface area contributed by atoms with Crippen molar-refractivity contribution in [2.24, 2.45) is 0 Å². The van der Waals surface area contributed by atoms with E-state index >= 15 is 0 Å². The fourth-order valence-electron chi connectivity index (χ4n) is 1.28. The minimum Gasteiger partial charge on any atom is -0.492 e. The maximum absolute atomic E-state index is 11.1. The van der Waals surface area contributed by atoms with Gasteiger partial charge in [0.1, 0.15) is 17.2 Å². The van der Waals surface area contributed by atoms with Gasteiger partial charge in [0.2, 0.25) is 0 Å². The molecule has 0 bridgehead atoms. The number of rotatable bonds is 5. The lowest BCUT2D eigenvalue weighted by molar-refractivity contribution is -0.140. The van der Waals surface area contributed by atoms with E-state index in [1.54, 1.807) is 12.1 Å². The SMILES string of the molecule is CCc1cc(OCC(Br)C(=O)OC)ccc1Cl. The Morgan fingerprint density at radius 2 is 2.24 bits per heavy atom. The summed E-state index contributed by atoms with van der Waals surface area (Å²) in [4.78, 5) is 10.7. The maximum atomic E-state index is 11.1. The van der Waals surface area contributed by atoms with Crippen LogP contribution in [0.4, 0.5) is 0 Å². The number of esters is 1. The Kier molecular flexibility index (Phi) is 5.78. The van der Waals surface area contributed by atoms with Crippen LogP contribution in [0.25, 0.3) is 0 Å². The van der Waals surface area contributed by atoms with Gasteiger partial charge >= 0.3 is 5.97 Å². The Hall–Kier alpha value is -0.740. The van der Waals surface area contributed by atoms with Gasteiger partial charge in [-0.3, -0.25) is 4.79 Å². The molecule has 0 aliphatic heterocycles. The zero-order valence-electron chi connectivity index (χ0n) is 9.70. The molecule has 1 atom stereocenters. The van der Waals surface area contributed by atoms with Gasteiger partial charge in [-0.05, 0) is 30.2 Å². The van der Waals surface area contributed by atoms with E-state index in [0.29, 0.717) is 5.75 Å². The first-order valence-electron chi connectivity index (χ1n) is 5.21. The van der Waals surface area contributed by atoms with Crippen molar-refractivity contribution in [1.82, 2.24) is 0 Å². The normalized spacial score (nSPS) is 12.0. The van der Waals surface area contributed by atoms with Crippen molar-refractivity contribution >= 4 is 33.5 Å². The Bertz CT molecular complexity index is 395. The van der Waals surface area contributed by atoms with E-state index in [4.69, 9.17) is 16.3 Å². The quantitative estimate of drug-likeness (QED) is 0.617. The van der Waals surface area contributed by atoms with E-state index in [2.05, 4.69) is 20.7 Å². The summed E-state index contributed by atoms with van der Waals surface area (Å²) < 4.78 is 10.1. The summed E-state index contributed by atoms with van der Waals surface area (Å²) in [5, 5.41) is 0.725. The predicted molar refractivity (Wildman–Crippen MR) is 71.1 cm³/mol. The minimum absolute atomic E-state index is 0.220. The zero-order valence-corrected chi connectivity index (χ0v) is 12.0. The van der Waals surface area contributed by atoms with Crippen molar-refractivity contribution in [1.29, 1.82) is 0 Å². The Labute approximate surface area is 114 Å². The summed E-state index contributed by atoms with van der Waals surface area (Å²) >= 11 is 9.18. The highest BCUT2D eigenvalue weighted by Gasteiger charge is 2.15. The van der Waals surface area contributed by atoms with E-state index in [1.165, 1.54) is 7.11 Å². The average Bonchev–Trinajstić information content (AvgIpc) is 2.36. The molecular formula is C12H14BrClO3. The van der Waals surface area contributed by atoms with Gasteiger partial charge in [-0.25, -0.2) is 0 Å². The first kappa shape index (κ1) is 14.3. The lowest BCUT2D eigenvalue weighted by Gasteiger charge is -2.11. The van der Waals surface area contributed by atoms with E-state index in [9.17, 15) is 4.79 Å². The molecule has 3 nitrogen and oxygen atoms in total. The lowest BCUT2D eigenvalue weighted by Crippen LogP contribution is -2.22. The molecule has 0 radical (unpaired) electrons. The number of methoxy groups -OCH3 is 1. The zero-order chi connectivity index (χ0) is 12.8. The van der Waals surface area contributed by atoms with Crippen molar-refractivity contribution in [3.63, 3.8) is 0 Å². The fraction of sp³-hybridized carbons (Fsp3) is 0.417. The summed E-state index contributed by atoms with van der Waals surface area (Å²) in [6.07, 6.45) is 0.838. The second-order valence-corrected chi connectivity index (χ2v) is 4.92. The molecule has 1 aromatic rings. The van der Waals surface area contributed by atoms with Gasteiger partial charge in [-0.1, -0.05) is 34.5 Å². The molecule has 1 rings (SSSR count). The van der Waals surface area contributed by atoms with Crippen LogP contribution in [0.5, 0.6) is 5.75 Å². The highest BCUT2D eigenvalue weighted by atomic mass is 79.9. The van der Waals surface area contributed by atoms with Crippen LogP contribution in [0.3, 0.4) is 0 Å². The first-order chi connectivity index (χ1) is 8.08. The number of carbonyl (C=O) groups is 1. The number of benzene rings is 1. The molecule has 0 aliphatic carbocycles. The van der Waals surface area contributed by atoms with Gasteiger partial charge in [0, 0.05) is 5.02 Å². The fourth-order valence-corrected chi connectivity index (χ4v) is 1.85. The smallest absolute Gasteiger partial charge is 0.322 e. The molecule has 0 saturated carbocycles. The molecular weight excluding hydrogens is 307 g/mol. The largest absolute Gasteiger partial charge is 0.492 e. The third-order valence-electron chi connectivity index (χ3n) is 2.25. The molecule has 0 saturated heterocycles. The van der Waals surface area contributed by atoms with Crippen LogP contribution >= 0.6 is 27.5 Å². The van der Waals surface area contributed by atoms with Crippen LogP contribution in [-0.2, 0) is 16.0 Å². The average molecular weight is 322 g/mol. The number of alkyl halides is 1.